The average Bonchev–Trinajstić information content (AvgIpc) is 3.11. The van der Waals surface area contributed by atoms with E-state index < -0.39 is 5.92 Å². The first kappa shape index (κ1) is 16.3. The number of aromatic nitrogens is 3. The molecule has 132 valence electrons. The number of amides is 1. The van der Waals surface area contributed by atoms with E-state index in [0.29, 0.717) is 35.8 Å². The average molecular weight is 356 g/mol. The van der Waals surface area contributed by atoms with Gasteiger partial charge in [0.1, 0.15) is 11.4 Å². The lowest BCUT2D eigenvalue weighted by Crippen LogP contribution is -2.38. The molecule has 1 amide bonds. The zero-order chi connectivity index (χ0) is 18.3. The third-order valence-corrected chi connectivity index (χ3v) is 4.22. The summed E-state index contributed by atoms with van der Waals surface area (Å²) in [7, 11) is 0. The van der Waals surface area contributed by atoms with Crippen LogP contribution in [0.1, 0.15) is 28.7 Å². The van der Waals surface area contributed by atoms with Crippen LogP contribution >= 0.6 is 0 Å². The lowest BCUT2D eigenvalue weighted by atomic mass is 10.0. The number of pyridine rings is 2. The van der Waals surface area contributed by atoms with E-state index in [1.807, 2.05) is 6.07 Å². The Labute approximate surface area is 147 Å². The molecule has 3 aromatic heterocycles. The fourth-order valence-electron chi connectivity index (χ4n) is 2.91. The summed E-state index contributed by atoms with van der Waals surface area (Å²) in [5.74, 6) is -2.67. The Morgan fingerprint density at radius 2 is 2.04 bits per heavy atom. The van der Waals surface area contributed by atoms with Gasteiger partial charge in [0.25, 0.3) is 11.8 Å². The first-order valence-electron chi connectivity index (χ1n) is 7.99. The Bertz CT molecular complexity index is 964. The molecule has 0 saturated carbocycles. The number of halogens is 2. The van der Waals surface area contributed by atoms with E-state index in [2.05, 4.69) is 15.0 Å². The zero-order valence-electron chi connectivity index (χ0n) is 13.8. The number of carbonyl (C=O) groups excluding carboxylic acids is 1. The van der Waals surface area contributed by atoms with Crippen molar-refractivity contribution >= 4 is 11.7 Å². The van der Waals surface area contributed by atoms with Crippen molar-refractivity contribution in [2.45, 2.75) is 19.3 Å². The van der Waals surface area contributed by atoms with Gasteiger partial charge < -0.3 is 4.42 Å². The summed E-state index contributed by atoms with van der Waals surface area (Å²) in [4.78, 5) is 26.3. The van der Waals surface area contributed by atoms with Crippen LogP contribution in [-0.4, -0.2) is 27.4 Å². The maximum Gasteiger partial charge on any atom is 0.286 e. The minimum absolute atomic E-state index is 0.272. The second-order valence-electron chi connectivity index (χ2n) is 6.04. The molecule has 0 aromatic carbocycles. The Morgan fingerprint density at radius 1 is 1.19 bits per heavy atom. The van der Waals surface area contributed by atoms with Crippen LogP contribution < -0.4 is 4.90 Å². The van der Waals surface area contributed by atoms with Crippen molar-refractivity contribution in [3.8, 4) is 11.3 Å². The number of fused-ring (bicyclic) bond motifs is 1. The van der Waals surface area contributed by atoms with Gasteiger partial charge in [-0.2, -0.15) is 13.8 Å². The minimum atomic E-state index is -3.03. The van der Waals surface area contributed by atoms with Gasteiger partial charge in [0.05, 0.1) is 0 Å². The topological polar surface area (TPSA) is 72.1 Å². The van der Waals surface area contributed by atoms with E-state index >= 15 is 0 Å². The maximum absolute atomic E-state index is 13.3. The molecule has 4 rings (SSSR count). The van der Waals surface area contributed by atoms with Gasteiger partial charge >= 0.3 is 0 Å². The molecule has 0 radical (unpaired) electrons. The highest BCUT2D eigenvalue weighted by Crippen LogP contribution is 2.33. The molecule has 1 aliphatic heterocycles. The molecule has 8 heteroatoms. The van der Waals surface area contributed by atoms with E-state index in [4.69, 9.17) is 4.42 Å². The van der Waals surface area contributed by atoms with Crippen molar-refractivity contribution in [3.63, 3.8) is 0 Å². The fourth-order valence-corrected chi connectivity index (χ4v) is 2.91. The summed E-state index contributed by atoms with van der Waals surface area (Å²) in [6.07, 6.45) is 4.71. The Balaban J connectivity index is 1.69. The number of carbonyl (C=O) groups is 1. The molecule has 0 bridgehead atoms. The lowest BCUT2D eigenvalue weighted by Gasteiger charge is -2.26. The molecule has 0 aliphatic carbocycles. The number of anilines is 1. The Morgan fingerprint density at radius 3 is 2.77 bits per heavy atom. The predicted molar refractivity (Wildman–Crippen MR) is 88.9 cm³/mol. The van der Waals surface area contributed by atoms with Gasteiger partial charge in [0.2, 0.25) is 0 Å². The highest BCUT2D eigenvalue weighted by atomic mass is 19.3. The molecule has 4 heterocycles. The smallest absolute Gasteiger partial charge is 0.286 e. The normalized spacial score (nSPS) is 14.4. The lowest BCUT2D eigenvalue weighted by molar-refractivity contribution is 0.0128. The Kier molecular flexibility index (Phi) is 3.75. The largest absolute Gasteiger partial charge is 0.441 e. The number of alkyl halides is 2. The summed E-state index contributed by atoms with van der Waals surface area (Å²) in [6.45, 7) is 1.21. The van der Waals surface area contributed by atoms with Crippen molar-refractivity contribution < 1.29 is 18.0 Å². The van der Waals surface area contributed by atoms with Crippen LogP contribution in [0.5, 0.6) is 0 Å². The monoisotopic (exact) mass is 356 g/mol. The van der Waals surface area contributed by atoms with E-state index in [1.54, 1.807) is 12.3 Å². The quantitative estimate of drug-likeness (QED) is 0.719. The van der Waals surface area contributed by atoms with Crippen LogP contribution in [0.2, 0.25) is 0 Å². The second kappa shape index (κ2) is 5.98. The van der Waals surface area contributed by atoms with Gasteiger partial charge in [0, 0.05) is 31.4 Å². The van der Waals surface area contributed by atoms with Crippen molar-refractivity contribution in [1.82, 2.24) is 15.0 Å². The van der Waals surface area contributed by atoms with E-state index in [1.165, 1.54) is 29.6 Å². The maximum atomic E-state index is 13.3. The summed E-state index contributed by atoms with van der Waals surface area (Å²) in [6, 6.07) is 6.37. The summed E-state index contributed by atoms with van der Waals surface area (Å²) < 4.78 is 32.1. The van der Waals surface area contributed by atoms with Crippen LogP contribution in [-0.2, 0) is 12.3 Å². The number of oxazole rings is 1. The Hall–Kier alpha value is -3.16. The van der Waals surface area contributed by atoms with Crippen molar-refractivity contribution in [2.24, 2.45) is 0 Å². The van der Waals surface area contributed by atoms with Crippen molar-refractivity contribution in [3.05, 3.63) is 60.0 Å². The molecule has 0 fully saturated rings. The summed E-state index contributed by atoms with van der Waals surface area (Å²) in [5.41, 5.74) is 1.39. The first-order valence-corrected chi connectivity index (χ1v) is 7.99. The standard InChI is InChI=1S/C18H14F2N4O2/c1-18(19,20)13-5-4-12(9-22-13)15-16(23-10-26-15)24-8-6-11-3-2-7-21-14(11)17(24)25/h2-5,7,9-10H,6,8H2,1H3. The molecule has 0 atom stereocenters. The van der Waals surface area contributed by atoms with Gasteiger partial charge in [-0.15, -0.1) is 0 Å². The van der Waals surface area contributed by atoms with E-state index in [0.717, 1.165) is 12.5 Å². The van der Waals surface area contributed by atoms with Gasteiger partial charge in [-0.05, 0) is 30.2 Å². The number of rotatable bonds is 3. The molecular weight excluding hydrogens is 342 g/mol. The van der Waals surface area contributed by atoms with Crippen LogP contribution in [0, 0.1) is 0 Å². The number of nitrogens with zero attached hydrogens (tertiary/aromatic N) is 4. The molecule has 26 heavy (non-hydrogen) atoms. The first-order chi connectivity index (χ1) is 12.4. The van der Waals surface area contributed by atoms with Gasteiger partial charge in [-0.25, -0.2) is 0 Å². The molecule has 0 saturated heterocycles. The number of hydrogen-bond acceptors (Lipinski definition) is 5. The van der Waals surface area contributed by atoms with Crippen LogP contribution in [0.3, 0.4) is 0 Å². The fraction of sp³-hybridized carbons (Fsp3) is 0.222. The predicted octanol–water partition coefficient (Wildman–Crippen LogP) is 3.45. The third kappa shape index (κ3) is 2.73. The molecule has 0 unspecified atom stereocenters. The molecule has 0 N–H and O–H groups in total. The van der Waals surface area contributed by atoms with E-state index in [-0.39, 0.29) is 11.6 Å². The highest BCUT2D eigenvalue weighted by Gasteiger charge is 2.31. The van der Waals surface area contributed by atoms with Crippen molar-refractivity contribution in [2.75, 3.05) is 11.4 Å². The van der Waals surface area contributed by atoms with E-state index in [9.17, 15) is 13.6 Å². The van der Waals surface area contributed by atoms with Crippen LogP contribution in [0.25, 0.3) is 11.3 Å². The highest BCUT2D eigenvalue weighted by molar-refractivity contribution is 6.07. The number of hydrogen-bond donors (Lipinski definition) is 0. The molecule has 3 aromatic rings. The molecule has 1 aliphatic rings. The van der Waals surface area contributed by atoms with Gasteiger partial charge in [-0.3, -0.25) is 19.7 Å². The van der Waals surface area contributed by atoms with Gasteiger partial charge in [0.15, 0.2) is 18.0 Å². The molecule has 0 spiro atoms. The molecular formula is C18H14F2N4O2. The SMILES string of the molecule is CC(F)(F)c1ccc(-c2ocnc2N2CCc3cccnc3C2=O)cn1. The summed E-state index contributed by atoms with van der Waals surface area (Å²) in [5, 5.41) is 0. The van der Waals surface area contributed by atoms with Gasteiger partial charge in [-0.1, -0.05) is 6.07 Å². The third-order valence-electron chi connectivity index (χ3n) is 4.22. The molecule has 6 nitrogen and oxygen atoms in total. The minimum Gasteiger partial charge on any atom is -0.441 e. The van der Waals surface area contributed by atoms with Crippen molar-refractivity contribution in [1.29, 1.82) is 0 Å². The van der Waals surface area contributed by atoms with Crippen LogP contribution in [0.4, 0.5) is 14.6 Å². The van der Waals surface area contributed by atoms with Crippen LogP contribution in [0.15, 0.2) is 47.5 Å². The summed E-state index contributed by atoms with van der Waals surface area (Å²) >= 11 is 0. The zero-order valence-corrected chi connectivity index (χ0v) is 13.8. The second-order valence-corrected chi connectivity index (χ2v) is 6.04.